The average molecular weight is 402 g/mol. The lowest BCUT2D eigenvalue weighted by molar-refractivity contribution is 0.884. The zero-order valence-electron chi connectivity index (χ0n) is 14.4. The molecule has 1 N–H and O–H groups in total. The minimum atomic E-state index is 0.657. The summed E-state index contributed by atoms with van der Waals surface area (Å²) in [7, 11) is 0. The molecule has 5 nitrogen and oxygen atoms in total. The van der Waals surface area contributed by atoms with Gasteiger partial charge in [-0.25, -0.2) is 4.98 Å². The van der Waals surface area contributed by atoms with E-state index in [1.165, 1.54) is 34.2 Å². The Morgan fingerprint density at radius 3 is 2.46 bits per heavy atom. The number of thiazole rings is 1. The topological polar surface area (TPSA) is 59.4 Å². The summed E-state index contributed by atoms with van der Waals surface area (Å²) < 4.78 is 3.55. The molecule has 4 rings (SSSR count). The summed E-state index contributed by atoms with van der Waals surface area (Å²) in [6.07, 6.45) is 1.65. The number of hydrogen-bond donors (Lipinski definition) is 1. The van der Waals surface area contributed by atoms with Crippen molar-refractivity contribution in [3.05, 3.63) is 57.7 Å². The van der Waals surface area contributed by atoms with Crippen molar-refractivity contribution in [1.82, 2.24) is 24.7 Å². The van der Waals surface area contributed by atoms with E-state index in [0.717, 1.165) is 32.4 Å². The first-order valence-corrected chi connectivity index (χ1v) is 10.0. The maximum Gasteiger partial charge on any atom is 0.203 e. The Morgan fingerprint density at radius 2 is 1.85 bits per heavy atom. The van der Waals surface area contributed by atoms with Gasteiger partial charge in [0.2, 0.25) is 5.16 Å². The van der Waals surface area contributed by atoms with Crippen molar-refractivity contribution >= 4 is 34.7 Å². The highest BCUT2D eigenvalue weighted by Crippen LogP contribution is 2.36. The van der Waals surface area contributed by atoms with Crippen LogP contribution in [0.1, 0.15) is 16.8 Å². The van der Waals surface area contributed by atoms with E-state index in [1.54, 1.807) is 6.20 Å². The van der Waals surface area contributed by atoms with Gasteiger partial charge in [-0.15, -0.1) is 10.2 Å². The highest BCUT2D eigenvalue weighted by molar-refractivity contribution is 8.00. The van der Waals surface area contributed by atoms with Gasteiger partial charge in [-0.1, -0.05) is 41.1 Å². The van der Waals surface area contributed by atoms with Crippen LogP contribution in [0, 0.1) is 20.8 Å². The van der Waals surface area contributed by atoms with E-state index in [4.69, 9.17) is 11.6 Å². The standard InChI is InChI=1S/C18H16ClN5S2/c1-10-11(2)15(21-12(10)3)16-22-23-17(26-18-20-9-14(19)25-18)24(16)13-7-5-4-6-8-13/h4-9,21H,1-3H3. The van der Waals surface area contributed by atoms with Crippen LogP contribution in [0.3, 0.4) is 0 Å². The molecule has 3 heterocycles. The number of nitrogens with zero attached hydrogens (tertiary/aromatic N) is 4. The van der Waals surface area contributed by atoms with Crippen LogP contribution < -0.4 is 0 Å². The van der Waals surface area contributed by atoms with Crippen LogP contribution in [0.25, 0.3) is 17.2 Å². The number of benzene rings is 1. The Labute approximate surface area is 164 Å². The molecule has 0 saturated carbocycles. The first-order valence-electron chi connectivity index (χ1n) is 8.00. The molecule has 3 aromatic heterocycles. The maximum absolute atomic E-state index is 6.02. The fraction of sp³-hybridized carbons (Fsp3) is 0.167. The molecule has 0 bridgehead atoms. The van der Waals surface area contributed by atoms with Gasteiger partial charge in [0.25, 0.3) is 0 Å². The third-order valence-corrected chi connectivity index (χ3v) is 6.46. The Hall–Kier alpha value is -2.09. The smallest absolute Gasteiger partial charge is 0.203 e. The van der Waals surface area contributed by atoms with Gasteiger partial charge in [0.15, 0.2) is 10.2 Å². The minimum Gasteiger partial charge on any atom is -0.356 e. The zero-order chi connectivity index (χ0) is 18.3. The molecule has 0 saturated heterocycles. The zero-order valence-corrected chi connectivity index (χ0v) is 16.8. The summed E-state index contributed by atoms with van der Waals surface area (Å²) >= 11 is 8.91. The predicted molar refractivity (Wildman–Crippen MR) is 107 cm³/mol. The van der Waals surface area contributed by atoms with Crippen molar-refractivity contribution in [3.8, 4) is 17.2 Å². The molecular weight excluding hydrogens is 386 g/mol. The molecule has 0 aliphatic heterocycles. The maximum atomic E-state index is 6.02. The SMILES string of the molecule is Cc1[nH]c(-c2nnc(Sc3ncc(Cl)s3)n2-c2ccccc2)c(C)c1C. The van der Waals surface area contributed by atoms with Crippen molar-refractivity contribution in [3.63, 3.8) is 0 Å². The first-order chi connectivity index (χ1) is 12.5. The minimum absolute atomic E-state index is 0.657. The van der Waals surface area contributed by atoms with E-state index in [2.05, 4.69) is 45.5 Å². The third-order valence-electron chi connectivity index (χ3n) is 4.32. The first kappa shape index (κ1) is 17.3. The van der Waals surface area contributed by atoms with Gasteiger partial charge in [-0.3, -0.25) is 4.57 Å². The summed E-state index contributed by atoms with van der Waals surface area (Å²) in [6, 6.07) is 10.1. The predicted octanol–water partition coefficient (Wildman–Crippen LogP) is 5.45. The lowest BCUT2D eigenvalue weighted by Gasteiger charge is -2.09. The van der Waals surface area contributed by atoms with Gasteiger partial charge in [0, 0.05) is 11.4 Å². The van der Waals surface area contributed by atoms with E-state index in [1.807, 2.05) is 30.3 Å². The van der Waals surface area contributed by atoms with Crippen LogP contribution in [-0.2, 0) is 0 Å². The number of aryl methyl sites for hydroxylation is 1. The molecule has 26 heavy (non-hydrogen) atoms. The van der Waals surface area contributed by atoms with Gasteiger partial charge in [-0.2, -0.15) is 0 Å². The number of nitrogens with one attached hydrogen (secondary N) is 1. The van der Waals surface area contributed by atoms with Crippen LogP contribution in [0.15, 0.2) is 46.0 Å². The van der Waals surface area contributed by atoms with Gasteiger partial charge < -0.3 is 4.98 Å². The Bertz CT molecular complexity index is 1060. The molecule has 0 fully saturated rings. The van der Waals surface area contributed by atoms with Crippen LogP contribution >= 0.6 is 34.7 Å². The van der Waals surface area contributed by atoms with Crippen LogP contribution in [0.2, 0.25) is 4.34 Å². The third kappa shape index (κ3) is 3.06. The quantitative estimate of drug-likeness (QED) is 0.494. The van der Waals surface area contributed by atoms with E-state index >= 15 is 0 Å². The second-order valence-corrected chi connectivity index (χ2v) is 8.76. The molecule has 0 atom stereocenters. The Balaban J connectivity index is 1.88. The van der Waals surface area contributed by atoms with E-state index in [-0.39, 0.29) is 0 Å². The lowest BCUT2D eigenvalue weighted by Crippen LogP contribution is -2.00. The van der Waals surface area contributed by atoms with E-state index in [0.29, 0.717) is 4.34 Å². The molecule has 0 spiro atoms. The second kappa shape index (κ2) is 6.90. The van der Waals surface area contributed by atoms with Gasteiger partial charge in [0.1, 0.15) is 4.34 Å². The van der Waals surface area contributed by atoms with Gasteiger partial charge >= 0.3 is 0 Å². The number of halogens is 1. The molecule has 0 amide bonds. The molecule has 0 aliphatic rings. The van der Waals surface area contributed by atoms with E-state index < -0.39 is 0 Å². The molecule has 132 valence electrons. The van der Waals surface area contributed by atoms with Crippen molar-refractivity contribution < 1.29 is 0 Å². The summed E-state index contributed by atoms with van der Waals surface area (Å²) in [6.45, 7) is 6.29. The summed E-state index contributed by atoms with van der Waals surface area (Å²) in [5, 5.41) is 9.67. The molecule has 4 aromatic rings. The molecule has 0 unspecified atom stereocenters. The number of rotatable bonds is 4. The number of aromatic amines is 1. The van der Waals surface area contributed by atoms with Crippen LogP contribution in [0.4, 0.5) is 0 Å². The van der Waals surface area contributed by atoms with Crippen molar-refractivity contribution in [1.29, 1.82) is 0 Å². The fourth-order valence-corrected chi connectivity index (χ4v) is 4.81. The van der Waals surface area contributed by atoms with Crippen molar-refractivity contribution in [2.75, 3.05) is 0 Å². The van der Waals surface area contributed by atoms with Crippen molar-refractivity contribution in [2.45, 2.75) is 30.3 Å². The number of para-hydroxylation sites is 1. The molecule has 1 aromatic carbocycles. The summed E-state index contributed by atoms with van der Waals surface area (Å²) in [4.78, 5) is 7.78. The average Bonchev–Trinajstić information content (AvgIpc) is 3.31. The lowest BCUT2D eigenvalue weighted by atomic mass is 10.1. The van der Waals surface area contributed by atoms with E-state index in [9.17, 15) is 0 Å². The Kier molecular flexibility index (Phi) is 4.60. The summed E-state index contributed by atoms with van der Waals surface area (Å²) in [5.41, 5.74) is 5.55. The Morgan fingerprint density at radius 1 is 1.08 bits per heavy atom. The normalized spacial score (nSPS) is 11.2. The largest absolute Gasteiger partial charge is 0.356 e. The van der Waals surface area contributed by atoms with Gasteiger partial charge in [0.05, 0.1) is 11.9 Å². The molecule has 0 radical (unpaired) electrons. The number of hydrogen-bond acceptors (Lipinski definition) is 5. The highest BCUT2D eigenvalue weighted by Gasteiger charge is 2.21. The fourth-order valence-electron chi connectivity index (χ4n) is 2.74. The second-order valence-electron chi connectivity index (χ2n) is 5.88. The number of aromatic nitrogens is 5. The summed E-state index contributed by atoms with van der Waals surface area (Å²) in [5.74, 6) is 0.787. The molecule has 0 aliphatic carbocycles. The van der Waals surface area contributed by atoms with Crippen LogP contribution in [-0.4, -0.2) is 24.7 Å². The van der Waals surface area contributed by atoms with Gasteiger partial charge in [-0.05, 0) is 55.8 Å². The monoisotopic (exact) mass is 401 g/mol. The van der Waals surface area contributed by atoms with Crippen LogP contribution in [0.5, 0.6) is 0 Å². The number of H-pyrrole nitrogens is 1. The molecular formula is C18H16ClN5S2. The van der Waals surface area contributed by atoms with Crippen molar-refractivity contribution in [2.24, 2.45) is 0 Å². The molecule has 8 heteroatoms. The highest BCUT2D eigenvalue weighted by atomic mass is 35.5.